The highest BCUT2D eigenvalue weighted by Gasteiger charge is 2.20. The molecular formula is C22H22N4O4. The maximum atomic E-state index is 13.4. The summed E-state index contributed by atoms with van der Waals surface area (Å²) in [4.78, 5) is 43.0. The van der Waals surface area contributed by atoms with Crippen molar-refractivity contribution in [1.82, 2.24) is 18.7 Å². The zero-order valence-electron chi connectivity index (χ0n) is 16.9. The van der Waals surface area contributed by atoms with Gasteiger partial charge in [-0.05, 0) is 11.5 Å². The van der Waals surface area contributed by atoms with E-state index in [2.05, 4.69) is 4.98 Å². The van der Waals surface area contributed by atoms with Crippen molar-refractivity contribution < 1.29 is 9.53 Å². The lowest BCUT2D eigenvalue weighted by atomic mass is 10.1. The second kappa shape index (κ2) is 8.08. The first-order valence-electron chi connectivity index (χ1n) is 9.76. The molecule has 0 aliphatic heterocycles. The zero-order chi connectivity index (χ0) is 21.3. The normalized spacial score (nSPS) is 11.4. The Hall–Kier alpha value is -3.52. The van der Waals surface area contributed by atoms with Crippen molar-refractivity contribution in [3.8, 4) is 5.69 Å². The summed E-state index contributed by atoms with van der Waals surface area (Å²) in [6.07, 6.45) is 1.79. The summed E-state index contributed by atoms with van der Waals surface area (Å²) < 4.78 is 9.20. The predicted molar refractivity (Wildman–Crippen MR) is 114 cm³/mol. The fourth-order valence-electron chi connectivity index (χ4n) is 3.60. The summed E-state index contributed by atoms with van der Waals surface area (Å²) in [6, 6.07) is 13.3. The lowest BCUT2D eigenvalue weighted by molar-refractivity contribution is -0.119. The van der Waals surface area contributed by atoms with Gasteiger partial charge in [0.1, 0.15) is 0 Å². The van der Waals surface area contributed by atoms with Gasteiger partial charge in [0.2, 0.25) is 0 Å². The standard InChI is InChI=1S/C22H22N4O4/c1-3-16(27)13-24-14-23-20-19(24)21(28)25(11-12-30-2)22(29)26(20)18-10-6-8-15-7-4-5-9-17(15)18/h4-10,14H,3,11-13H2,1-2H3. The molecule has 30 heavy (non-hydrogen) atoms. The number of methoxy groups -OCH3 is 1. The number of carbonyl (C=O) groups excluding carboxylic acids is 1. The highest BCUT2D eigenvalue weighted by Crippen LogP contribution is 2.23. The van der Waals surface area contributed by atoms with Crippen molar-refractivity contribution in [1.29, 1.82) is 0 Å². The van der Waals surface area contributed by atoms with Gasteiger partial charge in [-0.3, -0.25) is 14.2 Å². The molecule has 0 atom stereocenters. The summed E-state index contributed by atoms with van der Waals surface area (Å²) in [7, 11) is 1.51. The molecule has 154 valence electrons. The topological polar surface area (TPSA) is 88.1 Å². The molecule has 0 N–H and O–H groups in total. The lowest BCUT2D eigenvalue weighted by Crippen LogP contribution is -2.41. The molecule has 0 radical (unpaired) electrons. The van der Waals surface area contributed by atoms with E-state index < -0.39 is 11.2 Å². The maximum Gasteiger partial charge on any atom is 0.337 e. The Labute approximate surface area is 172 Å². The smallest absolute Gasteiger partial charge is 0.337 e. The van der Waals surface area contributed by atoms with Crippen LogP contribution in [0.15, 0.2) is 58.4 Å². The van der Waals surface area contributed by atoms with E-state index in [1.54, 1.807) is 6.92 Å². The summed E-state index contributed by atoms with van der Waals surface area (Å²) in [6.45, 7) is 2.10. The van der Waals surface area contributed by atoms with Gasteiger partial charge < -0.3 is 9.30 Å². The maximum absolute atomic E-state index is 13.4. The Balaban J connectivity index is 2.09. The largest absolute Gasteiger partial charge is 0.383 e. The molecule has 8 nitrogen and oxygen atoms in total. The summed E-state index contributed by atoms with van der Waals surface area (Å²) >= 11 is 0. The molecule has 2 heterocycles. The monoisotopic (exact) mass is 406 g/mol. The predicted octanol–water partition coefficient (Wildman–Crippen LogP) is 2.13. The minimum Gasteiger partial charge on any atom is -0.383 e. The number of ketones is 1. The average molecular weight is 406 g/mol. The van der Waals surface area contributed by atoms with E-state index in [1.807, 2.05) is 42.5 Å². The van der Waals surface area contributed by atoms with Gasteiger partial charge in [0.25, 0.3) is 5.56 Å². The van der Waals surface area contributed by atoms with Crippen LogP contribution in [0.2, 0.25) is 0 Å². The number of nitrogens with zero attached hydrogens (tertiary/aromatic N) is 4. The van der Waals surface area contributed by atoms with Crippen LogP contribution in [0.3, 0.4) is 0 Å². The van der Waals surface area contributed by atoms with Gasteiger partial charge in [-0.25, -0.2) is 14.3 Å². The first-order chi connectivity index (χ1) is 14.6. The number of fused-ring (bicyclic) bond motifs is 2. The van der Waals surface area contributed by atoms with Crippen molar-refractivity contribution >= 4 is 27.7 Å². The first-order valence-corrected chi connectivity index (χ1v) is 9.76. The third-order valence-corrected chi connectivity index (χ3v) is 5.17. The fraction of sp³-hybridized carbons (Fsp3) is 0.273. The first kappa shape index (κ1) is 19.8. The SMILES string of the molecule is CCC(=O)Cn1cnc2c1c(=O)n(CCOC)c(=O)n2-c1cccc2ccccc12. The molecule has 2 aromatic carbocycles. The van der Waals surface area contributed by atoms with Crippen LogP contribution in [0, 0.1) is 0 Å². The van der Waals surface area contributed by atoms with E-state index in [1.165, 1.54) is 22.6 Å². The fourth-order valence-corrected chi connectivity index (χ4v) is 3.60. The molecule has 0 saturated heterocycles. The van der Waals surface area contributed by atoms with Gasteiger partial charge in [-0.2, -0.15) is 0 Å². The molecule has 8 heteroatoms. The number of aromatic nitrogens is 4. The van der Waals surface area contributed by atoms with Crippen LogP contribution in [-0.4, -0.2) is 38.2 Å². The van der Waals surface area contributed by atoms with E-state index in [9.17, 15) is 14.4 Å². The van der Waals surface area contributed by atoms with E-state index in [0.717, 1.165) is 15.3 Å². The third-order valence-electron chi connectivity index (χ3n) is 5.17. The van der Waals surface area contributed by atoms with E-state index in [0.29, 0.717) is 12.1 Å². The molecule has 2 aromatic heterocycles. The van der Waals surface area contributed by atoms with Gasteiger partial charge in [-0.1, -0.05) is 43.3 Å². The minimum atomic E-state index is -0.493. The Kier molecular flexibility index (Phi) is 5.33. The number of Topliss-reactive ketones (excluding diaryl/α,β-unsaturated/α-hetero) is 1. The Morgan fingerprint density at radius 3 is 2.63 bits per heavy atom. The average Bonchev–Trinajstić information content (AvgIpc) is 3.17. The van der Waals surface area contributed by atoms with Crippen LogP contribution in [0.25, 0.3) is 27.6 Å². The molecule has 0 amide bonds. The molecule has 0 spiro atoms. The molecule has 0 bridgehead atoms. The molecule has 0 aliphatic rings. The number of hydrogen-bond acceptors (Lipinski definition) is 5. The van der Waals surface area contributed by atoms with Crippen LogP contribution >= 0.6 is 0 Å². The van der Waals surface area contributed by atoms with E-state index >= 15 is 0 Å². The zero-order valence-corrected chi connectivity index (χ0v) is 16.9. The quantitative estimate of drug-likeness (QED) is 0.469. The summed E-state index contributed by atoms with van der Waals surface area (Å²) in [5.74, 6) is -0.0277. The molecule has 0 aliphatic carbocycles. The Bertz CT molecular complexity index is 1360. The van der Waals surface area contributed by atoms with Gasteiger partial charge in [0.15, 0.2) is 16.9 Å². The number of imidazole rings is 1. The third kappa shape index (κ3) is 3.25. The van der Waals surface area contributed by atoms with Gasteiger partial charge in [0.05, 0.1) is 31.7 Å². The van der Waals surface area contributed by atoms with Crippen LogP contribution in [0.1, 0.15) is 13.3 Å². The minimum absolute atomic E-state index is 0.0277. The van der Waals surface area contributed by atoms with Crippen LogP contribution in [-0.2, 0) is 22.6 Å². The van der Waals surface area contributed by atoms with Crippen molar-refractivity contribution in [2.24, 2.45) is 0 Å². The summed E-state index contributed by atoms with van der Waals surface area (Å²) in [5, 5.41) is 1.82. The Morgan fingerprint density at radius 1 is 1.10 bits per heavy atom. The molecular weight excluding hydrogens is 384 g/mol. The van der Waals surface area contributed by atoms with E-state index in [4.69, 9.17) is 4.74 Å². The van der Waals surface area contributed by atoms with Gasteiger partial charge >= 0.3 is 5.69 Å². The van der Waals surface area contributed by atoms with Crippen LogP contribution in [0.4, 0.5) is 0 Å². The number of benzene rings is 2. The number of rotatable bonds is 7. The molecule has 0 unspecified atom stereocenters. The highest BCUT2D eigenvalue weighted by molar-refractivity contribution is 5.91. The number of carbonyl (C=O) groups is 1. The molecule has 0 saturated carbocycles. The number of hydrogen-bond donors (Lipinski definition) is 0. The second-order valence-corrected chi connectivity index (χ2v) is 7.00. The van der Waals surface area contributed by atoms with Gasteiger partial charge in [-0.15, -0.1) is 0 Å². The molecule has 4 aromatic rings. The van der Waals surface area contributed by atoms with Crippen molar-refractivity contribution in [2.45, 2.75) is 26.4 Å². The second-order valence-electron chi connectivity index (χ2n) is 7.00. The van der Waals surface area contributed by atoms with Crippen molar-refractivity contribution in [2.75, 3.05) is 13.7 Å². The summed E-state index contributed by atoms with van der Waals surface area (Å²) in [5.41, 5.74) is 0.110. The highest BCUT2D eigenvalue weighted by atomic mass is 16.5. The van der Waals surface area contributed by atoms with E-state index in [-0.39, 0.29) is 36.6 Å². The molecule has 4 rings (SSSR count). The van der Waals surface area contributed by atoms with Crippen molar-refractivity contribution in [3.05, 3.63) is 69.6 Å². The number of ether oxygens (including phenoxy) is 1. The molecule has 0 fully saturated rings. The van der Waals surface area contributed by atoms with Crippen LogP contribution in [0.5, 0.6) is 0 Å². The lowest BCUT2D eigenvalue weighted by Gasteiger charge is -2.14. The Morgan fingerprint density at radius 2 is 1.87 bits per heavy atom. The van der Waals surface area contributed by atoms with Gasteiger partial charge in [0, 0.05) is 18.9 Å². The van der Waals surface area contributed by atoms with Crippen molar-refractivity contribution in [3.63, 3.8) is 0 Å². The van der Waals surface area contributed by atoms with Crippen LogP contribution < -0.4 is 11.2 Å².